The van der Waals surface area contributed by atoms with E-state index in [0.717, 1.165) is 12.5 Å². The molecule has 1 aromatic carbocycles. The SMILES string of the molecule is COC(=O)CC1CCCCN1S(=O)(=O)c1ccccc1F. The number of methoxy groups -OCH3 is 1. The van der Waals surface area contributed by atoms with Crippen LogP contribution in [0.15, 0.2) is 29.2 Å². The van der Waals surface area contributed by atoms with Crippen molar-refractivity contribution in [1.29, 1.82) is 0 Å². The molecule has 0 amide bonds. The van der Waals surface area contributed by atoms with Gasteiger partial charge in [0.25, 0.3) is 0 Å². The third kappa shape index (κ3) is 3.41. The molecule has 7 heteroatoms. The van der Waals surface area contributed by atoms with Gasteiger partial charge in [-0.1, -0.05) is 18.6 Å². The lowest BCUT2D eigenvalue weighted by atomic mass is 10.0. The summed E-state index contributed by atoms with van der Waals surface area (Å²) in [5.74, 6) is -1.24. The minimum Gasteiger partial charge on any atom is -0.469 e. The highest BCUT2D eigenvalue weighted by atomic mass is 32.2. The van der Waals surface area contributed by atoms with Gasteiger partial charge in [0, 0.05) is 12.6 Å². The summed E-state index contributed by atoms with van der Waals surface area (Å²) in [5.41, 5.74) is 0. The van der Waals surface area contributed by atoms with E-state index in [1.165, 1.54) is 29.6 Å². The van der Waals surface area contributed by atoms with Gasteiger partial charge in [-0.05, 0) is 25.0 Å². The van der Waals surface area contributed by atoms with E-state index < -0.39 is 27.9 Å². The lowest BCUT2D eigenvalue weighted by Crippen LogP contribution is -2.45. The van der Waals surface area contributed by atoms with E-state index >= 15 is 0 Å². The first-order valence-corrected chi connectivity index (χ1v) is 8.24. The normalized spacial score (nSPS) is 20.2. The van der Waals surface area contributed by atoms with Gasteiger partial charge in [-0.25, -0.2) is 12.8 Å². The Labute approximate surface area is 123 Å². The molecule has 21 heavy (non-hydrogen) atoms. The molecule has 0 N–H and O–H groups in total. The topological polar surface area (TPSA) is 63.7 Å². The molecule has 0 aliphatic carbocycles. The first-order chi connectivity index (χ1) is 9.96. The molecule has 0 aromatic heterocycles. The smallest absolute Gasteiger partial charge is 0.307 e. The van der Waals surface area contributed by atoms with Crippen LogP contribution in [0.4, 0.5) is 4.39 Å². The van der Waals surface area contributed by atoms with Crippen molar-refractivity contribution >= 4 is 16.0 Å². The van der Waals surface area contributed by atoms with Crippen molar-refractivity contribution in [2.24, 2.45) is 0 Å². The van der Waals surface area contributed by atoms with Crippen LogP contribution in [0, 0.1) is 5.82 Å². The van der Waals surface area contributed by atoms with E-state index in [0.29, 0.717) is 19.4 Å². The maximum atomic E-state index is 13.8. The molecule has 0 bridgehead atoms. The van der Waals surface area contributed by atoms with Gasteiger partial charge >= 0.3 is 5.97 Å². The molecule has 5 nitrogen and oxygen atoms in total. The van der Waals surface area contributed by atoms with Gasteiger partial charge in [0.15, 0.2) is 0 Å². The summed E-state index contributed by atoms with van der Waals surface area (Å²) < 4.78 is 44.9. The number of rotatable bonds is 4. The quantitative estimate of drug-likeness (QED) is 0.797. The predicted molar refractivity (Wildman–Crippen MR) is 74.6 cm³/mol. The molecule has 1 saturated heterocycles. The number of benzene rings is 1. The van der Waals surface area contributed by atoms with Crippen LogP contribution in [-0.2, 0) is 19.6 Å². The van der Waals surface area contributed by atoms with Gasteiger partial charge < -0.3 is 4.74 Å². The minimum atomic E-state index is -3.95. The van der Waals surface area contributed by atoms with Crippen LogP contribution in [-0.4, -0.2) is 38.4 Å². The molecular weight excluding hydrogens is 297 g/mol. The first kappa shape index (κ1) is 15.9. The molecule has 0 spiro atoms. The Kier molecular flexibility index (Phi) is 4.95. The Bertz CT molecular complexity index is 617. The van der Waals surface area contributed by atoms with Crippen LogP contribution >= 0.6 is 0 Å². The third-order valence-corrected chi connectivity index (χ3v) is 5.61. The van der Waals surface area contributed by atoms with Gasteiger partial charge in [0.1, 0.15) is 10.7 Å². The summed E-state index contributed by atoms with van der Waals surface area (Å²) in [4.78, 5) is 11.1. The average molecular weight is 315 g/mol. The summed E-state index contributed by atoms with van der Waals surface area (Å²) in [6.07, 6.45) is 2.10. The lowest BCUT2D eigenvalue weighted by molar-refractivity contribution is -0.141. The number of ether oxygens (including phenoxy) is 1. The Morgan fingerprint density at radius 1 is 1.38 bits per heavy atom. The van der Waals surface area contributed by atoms with Crippen LogP contribution in [0.2, 0.25) is 0 Å². The number of hydrogen-bond acceptors (Lipinski definition) is 4. The maximum absolute atomic E-state index is 13.8. The van der Waals surface area contributed by atoms with E-state index in [1.54, 1.807) is 0 Å². The lowest BCUT2D eigenvalue weighted by Gasteiger charge is -2.34. The van der Waals surface area contributed by atoms with Crippen LogP contribution in [0.1, 0.15) is 25.7 Å². The fourth-order valence-corrected chi connectivity index (χ4v) is 4.31. The van der Waals surface area contributed by atoms with Crippen LogP contribution in [0.5, 0.6) is 0 Å². The van der Waals surface area contributed by atoms with Gasteiger partial charge in [0.05, 0.1) is 13.5 Å². The highest BCUT2D eigenvalue weighted by Gasteiger charge is 2.36. The van der Waals surface area contributed by atoms with E-state index in [4.69, 9.17) is 0 Å². The second-order valence-corrected chi connectivity index (χ2v) is 6.84. The Hall–Kier alpha value is -1.47. The number of esters is 1. The van der Waals surface area contributed by atoms with Crippen molar-refractivity contribution in [3.8, 4) is 0 Å². The van der Waals surface area contributed by atoms with Crippen LogP contribution in [0.25, 0.3) is 0 Å². The first-order valence-electron chi connectivity index (χ1n) is 6.80. The Morgan fingerprint density at radius 3 is 2.76 bits per heavy atom. The van der Waals surface area contributed by atoms with Crippen molar-refractivity contribution in [1.82, 2.24) is 4.31 Å². The van der Waals surface area contributed by atoms with Crippen molar-refractivity contribution in [3.05, 3.63) is 30.1 Å². The van der Waals surface area contributed by atoms with Crippen molar-refractivity contribution in [2.75, 3.05) is 13.7 Å². The van der Waals surface area contributed by atoms with Crippen LogP contribution < -0.4 is 0 Å². The molecule has 1 atom stereocenters. The number of halogens is 1. The summed E-state index contributed by atoms with van der Waals surface area (Å²) >= 11 is 0. The summed E-state index contributed by atoms with van der Waals surface area (Å²) in [6, 6.07) is 4.81. The number of piperidine rings is 1. The molecule has 2 rings (SSSR count). The van der Waals surface area contributed by atoms with E-state index in [-0.39, 0.29) is 11.3 Å². The fraction of sp³-hybridized carbons (Fsp3) is 0.500. The van der Waals surface area contributed by atoms with Crippen molar-refractivity contribution in [2.45, 2.75) is 36.6 Å². The Balaban J connectivity index is 2.32. The second kappa shape index (κ2) is 6.53. The van der Waals surface area contributed by atoms with Crippen LogP contribution in [0.3, 0.4) is 0 Å². The van der Waals surface area contributed by atoms with Gasteiger partial charge in [-0.15, -0.1) is 0 Å². The summed E-state index contributed by atoms with van der Waals surface area (Å²) in [6.45, 7) is 0.290. The zero-order valence-corrected chi connectivity index (χ0v) is 12.6. The molecule has 1 aliphatic heterocycles. The van der Waals surface area contributed by atoms with Gasteiger partial charge in [0.2, 0.25) is 10.0 Å². The fourth-order valence-electron chi connectivity index (χ4n) is 2.55. The number of hydrogen-bond donors (Lipinski definition) is 0. The highest BCUT2D eigenvalue weighted by molar-refractivity contribution is 7.89. The third-order valence-electron chi connectivity index (χ3n) is 3.63. The number of nitrogens with zero attached hydrogens (tertiary/aromatic N) is 1. The largest absolute Gasteiger partial charge is 0.469 e. The highest BCUT2D eigenvalue weighted by Crippen LogP contribution is 2.28. The van der Waals surface area contributed by atoms with Gasteiger partial charge in [-0.2, -0.15) is 4.31 Å². The molecule has 0 radical (unpaired) electrons. The molecule has 1 aromatic rings. The second-order valence-electron chi connectivity index (χ2n) is 4.98. The van der Waals surface area contributed by atoms with Crippen molar-refractivity contribution < 1.29 is 22.3 Å². The number of sulfonamides is 1. The Morgan fingerprint density at radius 2 is 2.10 bits per heavy atom. The monoisotopic (exact) mass is 315 g/mol. The average Bonchev–Trinajstić information content (AvgIpc) is 2.47. The molecular formula is C14H18FNO4S. The molecule has 116 valence electrons. The summed E-state index contributed by atoms with van der Waals surface area (Å²) in [5, 5.41) is 0. The zero-order chi connectivity index (χ0) is 15.5. The number of carbonyl (C=O) groups excluding carboxylic acids is 1. The minimum absolute atomic E-state index is 0.00974. The zero-order valence-electron chi connectivity index (χ0n) is 11.8. The molecule has 1 fully saturated rings. The maximum Gasteiger partial charge on any atom is 0.307 e. The van der Waals surface area contributed by atoms with Crippen molar-refractivity contribution in [3.63, 3.8) is 0 Å². The van der Waals surface area contributed by atoms with E-state index in [2.05, 4.69) is 4.74 Å². The predicted octanol–water partition coefficient (Wildman–Crippen LogP) is 1.93. The molecule has 1 unspecified atom stereocenters. The standard InChI is InChI=1S/C14H18FNO4S/c1-20-14(17)10-11-6-4-5-9-16(11)21(18,19)13-8-3-2-7-12(13)15/h2-3,7-8,11H,4-6,9-10H2,1H3. The van der Waals surface area contributed by atoms with Gasteiger partial charge in [-0.3, -0.25) is 4.79 Å². The molecule has 1 heterocycles. The molecule has 0 saturated carbocycles. The van der Waals surface area contributed by atoms with E-state index in [1.807, 2.05) is 0 Å². The molecule has 1 aliphatic rings. The summed E-state index contributed by atoms with van der Waals surface area (Å²) in [7, 11) is -2.68. The van der Waals surface area contributed by atoms with E-state index in [9.17, 15) is 17.6 Å². The number of carbonyl (C=O) groups is 1.